The zero-order valence-corrected chi connectivity index (χ0v) is 13.0. The molecule has 1 aromatic heterocycles. The molecule has 0 fully saturated rings. The second-order valence-corrected chi connectivity index (χ2v) is 6.27. The van der Waals surface area contributed by atoms with E-state index in [0.717, 1.165) is 19.5 Å². The van der Waals surface area contributed by atoms with Crippen molar-refractivity contribution in [2.24, 2.45) is 0 Å². The number of hydrogen-bond acceptors (Lipinski definition) is 6. The maximum absolute atomic E-state index is 11.9. The topological polar surface area (TPSA) is 100 Å². The minimum Gasteiger partial charge on any atom is -0.340 e. The average Bonchev–Trinajstić information content (AvgIpc) is 2.80. The van der Waals surface area contributed by atoms with Crippen molar-refractivity contribution in [2.45, 2.75) is 26.7 Å². The monoisotopic (exact) mass is 305 g/mol. The molecule has 8 nitrogen and oxygen atoms in total. The highest BCUT2D eigenvalue weighted by Crippen LogP contribution is 1.98. The van der Waals surface area contributed by atoms with Crippen LogP contribution in [0.5, 0.6) is 0 Å². The molecule has 0 saturated heterocycles. The molecule has 0 aliphatic carbocycles. The van der Waals surface area contributed by atoms with Crippen LogP contribution in [0.4, 0.5) is 0 Å². The zero-order chi connectivity index (χ0) is 15.0. The van der Waals surface area contributed by atoms with Gasteiger partial charge in [-0.3, -0.25) is 0 Å². The molecule has 0 bridgehead atoms. The first kappa shape index (κ1) is 17.0. The SMILES string of the molecule is CCNCCCN(C)S(=O)(=O)NCCc1noc(C)n1. The molecule has 2 N–H and O–H groups in total. The summed E-state index contributed by atoms with van der Waals surface area (Å²) in [5.74, 6) is 0.975. The highest BCUT2D eigenvalue weighted by atomic mass is 32.2. The fourth-order valence-electron chi connectivity index (χ4n) is 1.57. The molecule has 20 heavy (non-hydrogen) atoms. The largest absolute Gasteiger partial charge is 0.340 e. The van der Waals surface area contributed by atoms with Gasteiger partial charge in [-0.15, -0.1) is 0 Å². The van der Waals surface area contributed by atoms with E-state index in [0.29, 0.717) is 24.7 Å². The predicted molar refractivity (Wildman–Crippen MR) is 75.5 cm³/mol. The molecule has 0 atom stereocenters. The Morgan fingerprint density at radius 3 is 2.70 bits per heavy atom. The van der Waals surface area contributed by atoms with Gasteiger partial charge in [0, 0.05) is 33.5 Å². The first-order valence-electron chi connectivity index (χ1n) is 6.66. The third-order valence-electron chi connectivity index (χ3n) is 2.69. The maximum atomic E-state index is 11.9. The summed E-state index contributed by atoms with van der Waals surface area (Å²) in [4.78, 5) is 4.01. The van der Waals surface area contributed by atoms with Gasteiger partial charge in [0.1, 0.15) is 0 Å². The maximum Gasteiger partial charge on any atom is 0.279 e. The van der Waals surface area contributed by atoms with Crippen molar-refractivity contribution in [3.63, 3.8) is 0 Å². The Morgan fingerprint density at radius 1 is 1.35 bits per heavy atom. The molecule has 0 spiro atoms. The quantitative estimate of drug-likeness (QED) is 0.575. The van der Waals surface area contributed by atoms with Crippen LogP contribution < -0.4 is 10.0 Å². The number of rotatable bonds is 10. The van der Waals surface area contributed by atoms with Crippen molar-refractivity contribution in [3.05, 3.63) is 11.7 Å². The third kappa shape index (κ3) is 5.95. The van der Waals surface area contributed by atoms with Crippen molar-refractivity contribution >= 4 is 10.2 Å². The van der Waals surface area contributed by atoms with Gasteiger partial charge < -0.3 is 9.84 Å². The standard InChI is InChI=1S/C11H23N5O3S/c1-4-12-7-5-9-16(3)20(17,18)13-8-6-11-14-10(2)19-15-11/h12-13H,4-9H2,1-3H3. The Hall–Kier alpha value is -1.03. The molecule has 0 aliphatic rings. The van der Waals surface area contributed by atoms with Crippen molar-refractivity contribution in [1.82, 2.24) is 24.5 Å². The summed E-state index contributed by atoms with van der Waals surface area (Å²) in [6.07, 6.45) is 1.18. The molecular weight excluding hydrogens is 282 g/mol. The summed E-state index contributed by atoms with van der Waals surface area (Å²) >= 11 is 0. The molecular formula is C11H23N5O3S. The molecule has 0 aliphatic heterocycles. The average molecular weight is 305 g/mol. The number of aryl methyl sites for hydroxylation is 1. The normalized spacial score (nSPS) is 12.2. The van der Waals surface area contributed by atoms with Crippen molar-refractivity contribution in [1.29, 1.82) is 0 Å². The van der Waals surface area contributed by atoms with Crippen LogP contribution in [0.25, 0.3) is 0 Å². The molecule has 1 heterocycles. The fourth-order valence-corrected chi connectivity index (χ4v) is 2.52. The highest BCUT2D eigenvalue weighted by molar-refractivity contribution is 7.87. The first-order chi connectivity index (χ1) is 9.45. The van der Waals surface area contributed by atoms with Crippen LogP contribution in [-0.2, 0) is 16.6 Å². The summed E-state index contributed by atoms with van der Waals surface area (Å²) in [7, 11) is -1.88. The van der Waals surface area contributed by atoms with Gasteiger partial charge in [-0.2, -0.15) is 17.7 Å². The van der Waals surface area contributed by atoms with Crippen LogP contribution in [-0.4, -0.2) is 56.1 Å². The zero-order valence-electron chi connectivity index (χ0n) is 12.2. The second kappa shape index (κ2) is 8.30. The van der Waals surface area contributed by atoms with Crippen molar-refractivity contribution in [2.75, 3.05) is 33.2 Å². The Kier molecular flexibility index (Phi) is 7.06. The van der Waals surface area contributed by atoms with Crippen LogP contribution in [0, 0.1) is 6.92 Å². The van der Waals surface area contributed by atoms with Gasteiger partial charge in [-0.05, 0) is 19.5 Å². The lowest BCUT2D eigenvalue weighted by Crippen LogP contribution is -2.40. The van der Waals surface area contributed by atoms with E-state index < -0.39 is 10.2 Å². The lowest BCUT2D eigenvalue weighted by atomic mass is 10.4. The summed E-state index contributed by atoms with van der Waals surface area (Å²) < 4.78 is 32.5. The fraction of sp³-hybridized carbons (Fsp3) is 0.818. The Balaban J connectivity index is 2.29. The second-order valence-electron chi connectivity index (χ2n) is 4.41. The summed E-state index contributed by atoms with van der Waals surface area (Å²) in [5, 5.41) is 6.86. The van der Waals surface area contributed by atoms with Crippen molar-refractivity contribution in [3.8, 4) is 0 Å². The van der Waals surface area contributed by atoms with Gasteiger partial charge >= 0.3 is 0 Å². The summed E-state index contributed by atoms with van der Waals surface area (Å²) in [6.45, 7) is 6.13. The highest BCUT2D eigenvalue weighted by Gasteiger charge is 2.16. The lowest BCUT2D eigenvalue weighted by Gasteiger charge is -2.17. The summed E-state index contributed by atoms with van der Waals surface area (Å²) in [6, 6.07) is 0. The molecule has 0 radical (unpaired) electrons. The minimum atomic E-state index is -3.44. The number of hydrogen-bond donors (Lipinski definition) is 2. The lowest BCUT2D eigenvalue weighted by molar-refractivity contribution is 0.387. The Morgan fingerprint density at radius 2 is 2.10 bits per heavy atom. The number of nitrogens with one attached hydrogen (secondary N) is 2. The van der Waals surface area contributed by atoms with E-state index in [-0.39, 0.29) is 6.54 Å². The molecule has 9 heteroatoms. The number of aromatic nitrogens is 2. The van der Waals surface area contributed by atoms with E-state index >= 15 is 0 Å². The van der Waals surface area contributed by atoms with Crippen LogP contribution in [0.2, 0.25) is 0 Å². The van der Waals surface area contributed by atoms with Crippen LogP contribution in [0.1, 0.15) is 25.1 Å². The van der Waals surface area contributed by atoms with E-state index in [4.69, 9.17) is 4.52 Å². The van der Waals surface area contributed by atoms with Gasteiger partial charge in [0.25, 0.3) is 10.2 Å². The molecule has 0 aromatic carbocycles. The third-order valence-corrected chi connectivity index (χ3v) is 4.26. The van der Waals surface area contributed by atoms with E-state index in [2.05, 4.69) is 20.2 Å². The van der Waals surface area contributed by atoms with E-state index in [1.54, 1.807) is 14.0 Å². The van der Waals surface area contributed by atoms with Gasteiger partial charge in [0.05, 0.1) is 0 Å². The van der Waals surface area contributed by atoms with Gasteiger partial charge in [-0.1, -0.05) is 12.1 Å². The molecule has 0 unspecified atom stereocenters. The molecule has 1 rings (SSSR count). The Bertz CT molecular complexity index is 488. The van der Waals surface area contributed by atoms with Gasteiger partial charge in [-0.25, -0.2) is 4.72 Å². The van der Waals surface area contributed by atoms with E-state index in [9.17, 15) is 8.42 Å². The van der Waals surface area contributed by atoms with Crippen LogP contribution >= 0.6 is 0 Å². The Labute approximate surface area is 120 Å². The minimum absolute atomic E-state index is 0.249. The molecule has 0 amide bonds. The predicted octanol–water partition coefficient (Wildman–Crippen LogP) is -0.314. The van der Waals surface area contributed by atoms with Crippen LogP contribution in [0.3, 0.4) is 0 Å². The molecule has 116 valence electrons. The van der Waals surface area contributed by atoms with Crippen molar-refractivity contribution < 1.29 is 12.9 Å². The van der Waals surface area contributed by atoms with E-state index in [1.165, 1.54) is 4.31 Å². The first-order valence-corrected chi connectivity index (χ1v) is 8.10. The smallest absolute Gasteiger partial charge is 0.279 e. The summed E-state index contributed by atoms with van der Waals surface area (Å²) in [5.41, 5.74) is 0. The number of nitrogens with zero attached hydrogens (tertiary/aromatic N) is 3. The van der Waals surface area contributed by atoms with Gasteiger partial charge in [0.2, 0.25) is 5.89 Å². The van der Waals surface area contributed by atoms with Crippen LogP contribution in [0.15, 0.2) is 4.52 Å². The molecule has 0 saturated carbocycles. The molecule has 1 aromatic rings. The van der Waals surface area contributed by atoms with E-state index in [1.807, 2.05) is 6.92 Å². The van der Waals surface area contributed by atoms with Gasteiger partial charge in [0.15, 0.2) is 5.82 Å².